The Morgan fingerprint density at radius 1 is 0.929 bits per heavy atom. The smallest absolute Gasteiger partial charge is 0.0701 e. The van der Waals surface area contributed by atoms with Gasteiger partial charge in [-0.15, -0.1) is 6.58 Å². The Morgan fingerprint density at radius 3 is 2.07 bits per heavy atom. The van der Waals surface area contributed by atoms with Crippen LogP contribution >= 0.6 is 0 Å². The fourth-order valence-electron chi connectivity index (χ4n) is 0.914. The van der Waals surface area contributed by atoms with E-state index in [0.29, 0.717) is 26.4 Å². The van der Waals surface area contributed by atoms with Crippen molar-refractivity contribution in [3.8, 4) is 0 Å². The summed E-state index contributed by atoms with van der Waals surface area (Å²) < 4.78 is 15.7. The van der Waals surface area contributed by atoms with E-state index in [0.717, 1.165) is 26.1 Å². The van der Waals surface area contributed by atoms with Crippen molar-refractivity contribution < 1.29 is 14.2 Å². The van der Waals surface area contributed by atoms with Crippen LogP contribution in [0.3, 0.4) is 0 Å². The molecule has 0 bridgehead atoms. The number of hydrogen-bond acceptors (Lipinski definition) is 3. The highest BCUT2D eigenvalue weighted by atomic mass is 16.5. The van der Waals surface area contributed by atoms with Crippen molar-refractivity contribution in [1.82, 2.24) is 0 Å². The van der Waals surface area contributed by atoms with Crippen LogP contribution in [0.4, 0.5) is 0 Å². The van der Waals surface area contributed by atoms with E-state index in [-0.39, 0.29) is 0 Å². The SMILES string of the molecule is C=CCCCOCCOCCOCC. The molecule has 0 radical (unpaired) electrons. The fraction of sp³-hybridized carbons (Fsp3) is 0.818. The van der Waals surface area contributed by atoms with Gasteiger partial charge in [-0.05, 0) is 19.8 Å². The average molecular weight is 202 g/mol. The lowest BCUT2D eigenvalue weighted by Crippen LogP contribution is -2.09. The molecule has 3 nitrogen and oxygen atoms in total. The summed E-state index contributed by atoms with van der Waals surface area (Å²) in [6, 6.07) is 0. The van der Waals surface area contributed by atoms with Gasteiger partial charge in [0.2, 0.25) is 0 Å². The van der Waals surface area contributed by atoms with Gasteiger partial charge in [0.25, 0.3) is 0 Å². The van der Waals surface area contributed by atoms with E-state index in [2.05, 4.69) is 6.58 Å². The normalized spacial score (nSPS) is 10.4. The first-order chi connectivity index (χ1) is 6.91. The van der Waals surface area contributed by atoms with Crippen LogP contribution in [0.1, 0.15) is 19.8 Å². The minimum absolute atomic E-state index is 0.654. The molecule has 0 saturated carbocycles. The minimum Gasteiger partial charge on any atom is -0.379 e. The van der Waals surface area contributed by atoms with E-state index in [1.165, 1.54) is 0 Å². The Balaban J connectivity index is 2.81. The fourth-order valence-corrected chi connectivity index (χ4v) is 0.914. The highest BCUT2D eigenvalue weighted by Crippen LogP contribution is 1.90. The zero-order valence-corrected chi connectivity index (χ0v) is 9.17. The summed E-state index contributed by atoms with van der Waals surface area (Å²) in [5, 5.41) is 0. The maximum Gasteiger partial charge on any atom is 0.0701 e. The number of rotatable bonds is 11. The van der Waals surface area contributed by atoms with Gasteiger partial charge in [0.05, 0.1) is 26.4 Å². The number of allylic oxidation sites excluding steroid dienone is 1. The summed E-state index contributed by atoms with van der Waals surface area (Å²) in [5.74, 6) is 0. The maximum absolute atomic E-state index is 5.33. The average Bonchev–Trinajstić information content (AvgIpc) is 2.21. The lowest BCUT2D eigenvalue weighted by atomic mass is 10.3. The van der Waals surface area contributed by atoms with Gasteiger partial charge in [-0.1, -0.05) is 6.08 Å². The monoisotopic (exact) mass is 202 g/mol. The van der Waals surface area contributed by atoms with E-state index in [1.807, 2.05) is 13.0 Å². The Kier molecular flexibility index (Phi) is 12.3. The van der Waals surface area contributed by atoms with Gasteiger partial charge in [-0.2, -0.15) is 0 Å². The third-order valence-corrected chi connectivity index (χ3v) is 1.65. The molecule has 0 heterocycles. The summed E-state index contributed by atoms with van der Waals surface area (Å²) >= 11 is 0. The molecule has 0 amide bonds. The zero-order chi connectivity index (χ0) is 10.5. The van der Waals surface area contributed by atoms with E-state index < -0.39 is 0 Å². The van der Waals surface area contributed by atoms with Gasteiger partial charge in [0.15, 0.2) is 0 Å². The topological polar surface area (TPSA) is 27.7 Å². The molecule has 84 valence electrons. The predicted molar refractivity (Wildman–Crippen MR) is 57.6 cm³/mol. The highest BCUT2D eigenvalue weighted by molar-refractivity contribution is 4.64. The summed E-state index contributed by atoms with van der Waals surface area (Å²) in [7, 11) is 0. The van der Waals surface area contributed by atoms with Crippen molar-refractivity contribution >= 4 is 0 Å². The van der Waals surface area contributed by atoms with Crippen LogP contribution in [0.2, 0.25) is 0 Å². The van der Waals surface area contributed by atoms with Crippen LogP contribution in [0.25, 0.3) is 0 Å². The van der Waals surface area contributed by atoms with Crippen LogP contribution in [0.5, 0.6) is 0 Å². The van der Waals surface area contributed by atoms with Crippen LogP contribution in [0.15, 0.2) is 12.7 Å². The summed E-state index contributed by atoms with van der Waals surface area (Å²) in [6.45, 7) is 9.82. The van der Waals surface area contributed by atoms with Crippen LogP contribution in [-0.4, -0.2) is 39.6 Å². The minimum atomic E-state index is 0.654. The molecule has 0 spiro atoms. The standard InChI is InChI=1S/C11H22O3/c1-3-5-6-7-13-10-11-14-9-8-12-4-2/h3H,1,4-11H2,2H3. The molecule has 0 rings (SSSR count). The van der Waals surface area contributed by atoms with E-state index in [4.69, 9.17) is 14.2 Å². The Hall–Kier alpha value is -0.380. The lowest BCUT2D eigenvalue weighted by Gasteiger charge is -2.05. The van der Waals surface area contributed by atoms with Crippen molar-refractivity contribution in [2.24, 2.45) is 0 Å². The van der Waals surface area contributed by atoms with Crippen molar-refractivity contribution in [1.29, 1.82) is 0 Å². The molecule has 0 aromatic carbocycles. The number of ether oxygens (including phenoxy) is 3. The molecule has 0 saturated heterocycles. The van der Waals surface area contributed by atoms with Crippen LogP contribution in [0, 0.1) is 0 Å². The van der Waals surface area contributed by atoms with Gasteiger partial charge in [-0.25, -0.2) is 0 Å². The van der Waals surface area contributed by atoms with Crippen LogP contribution in [-0.2, 0) is 14.2 Å². The highest BCUT2D eigenvalue weighted by Gasteiger charge is 1.89. The summed E-state index contributed by atoms with van der Waals surface area (Å²) in [6.07, 6.45) is 3.97. The Morgan fingerprint density at radius 2 is 1.50 bits per heavy atom. The van der Waals surface area contributed by atoms with Crippen molar-refractivity contribution in [3.05, 3.63) is 12.7 Å². The molecule has 0 aromatic rings. The molecule has 0 aliphatic heterocycles. The predicted octanol–water partition coefficient (Wildman–Crippen LogP) is 2.02. The molecular formula is C11H22O3. The van der Waals surface area contributed by atoms with Crippen molar-refractivity contribution in [3.63, 3.8) is 0 Å². The quantitative estimate of drug-likeness (QED) is 0.379. The zero-order valence-electron chi connectivity index (χ0n) is 9.17. The summed E-state index contributed by atoms with van der Waals surface area (Å²) in [5.41, 5.74) is 0. The van der Waals surface area contributed by atoms with E-state index >= 15 is 0 Å². The third-order valence-electron chi connectivity index (χ3n) is 1.65. The maximum atomic E-state index is 5.33. The van der Waals surface area contributed by atoms with Gasteiger partial charge >= 0.3 is 0 Å². The second kappa shape index (κ2) is 12.6. The Bertz CT molecular complexity index is 115. The molecule has 14 heavy (non-hydrogen) atoms. The molecular weight excluding hydrogens is 180 g/mol. The molecule has 0 aliphatic rings. The van der Waals surface area contributed by atoms with Gasteiger partial charge in [0.1, 0.15) is 0 Å². The van der Waals surface area contributed by atoms with Gasteiger partial charge in [0, 0.05) is 13.2 Å². The van der Waals surface area contributed by atoms with E-state index in [1.54, 1.807) is 0 Å². The molecule has 0 N–H and O–H groups in total. The third kappa shape index (κ3) is 11.6. The van der Waals surface area contributed by atoms with Crippen LogP contribution < -0.4 is 0 Å². The number of unbranched alkanes of at least 4 members (excludes halogenated alkanes) is 1. The van der Waals surface area contributed by atoms with Gasteiger partial charge in [-0.3, -0.25) is 0 Å². The molecule has 0 unspecified atom stereocenters. The second-order valence-electron chi connectivity index (χ2n) is 2.85. The first-order valence-corrected chi connectivity index (χ1v) is 5.26. The Labute approximate surface area is 87.0 Å². The molecule has 0 atom stereocenters. The van der Waals surface area contributed by atoms with E-state index in [9.17, 15) is 0 Å². The largest absolute Gasteiger partial charge is 0.379 e. The van der Waals surface area contributed by atoms with Crippen molar-refractivity contribution in [2.45, 2.75) is 19.8 Å². The van der Waals surface area contributed by atoms with Gasteiger partial charge < -0.3 is 14.2 Å². The number of hydrogen-bond donors (Lipinski definition) is 0. The lowest BCUT2D eigenvalue weighted by molar-refractivity contribution is 0.0166. The first-order valence-electron chi connectivity index (χ1n) is 5.26. The summed E-state index contributed by atoms with van der Waals surface area (Å²) in [4.78, 5) is 0. The molecule has 0 aromatic heterocycles. The first kappa shape index (κ1) is 13.6. The molecule has 3 heteroatoms. The van der Waals surface area contributed by atoms with Crippen molar-refractivity contribution in [2.75, 3.05) is 39.6 Å². The molecule has 0 fully saturated rings. The second-order valence-corrected chi connectivity index (χ2v) is 2.85. The molecule has 0 aliphatic carbocycles.